The molecule has 1 aromatic rings. The highest BCUT2D eigenvalue weighted by Crippen LogP contribution is 2.18. The van der Waals surface area contributed by atoms with Crippen molar-refractivity contribution < 1.29 is 0 Å². The Kier molecular flexibility index (Phi) is 3.90. The first-order valence-corrected chi connectivity index (χ1v) is 6.46. The van der Waals surface area contributed by atoms with Crippen LogP contribution in [0.3, 0.4) is 0 Å². The van der Waals surface area contributed by atoms with Gasteiger partial charge in [-0.3, -0.25) is 0 Å². The normalized spacial score (nSPS) is 15.7. The number of nitrogens with one attached hydrogen (secondary N) is 1. The summed E-state index contributed by atoms with van der Waals surface area (Å²) in [5, 5.41) is 3.52. The molecule has 14 heavy (non-hydrogen) atoms. The standard InChI is InChI=1S/C12H17NS/c1-2-4-11(5-3-1)10-14-9-8-13-12-6-7-12/h1-5,12-13H,6-10H2. The molecule has 0 unspecified atom stereocenters. The van der Waals surface area contributed by atoms with Crippen LogP contribution in [-0.2, 0) is 5.75 Å². The summed E-state index contributed by atoms with van der Waals surface area (Å²) >= 11 is 2.01. The summed E-state index contributed by atoms with van der Waals surface area (Å²) in [6.07, 6.45) is 2.78. The van der Waals surface area contributed by atoms with E-state index in [1.807, 2.05) is 11.8 Å². The van der Waals surface area contributed by atoms with Crippen molar-refractivity contribution in [1.82, 2.24) is 5.32 Å². The molecule has 0 aromatic heterocycles. The molecule has 0 amide bonds. The predicted molar refractivity (Wildman–Crippen MR) is 63.6 cm³/mol. The average molecular weight is 207 g/mol. The van der Waals surface area contributed by atoms with Crippen LogP contribution in [0.5, 0.6) is 0 Å². The third-order valence-corrected chi connectivity index (χ3v) is 3.40. The van der Waals surface area contributed by atoms with E-state index in [1.165, 1.54) is 30.7 Å². The Morgan fingerprint density at radius 2 is 2.00 bits per heavy atom. The predicted octanol–water partition coefficient (Wildman–Crippen LogP) is 2.67. The van der Waals surface area contributed by atoms with Crippen molar-refractivity contribution in [3.63, 3.8) is 0 Å². The highest BCUT2D eigenvalue weighted by atomic mass is 32.2. The first-order valence-electron chi connectivity index (χ1n) is 5.30. The van der Waals surface area contributed by atoms with Crippen LogP contribution in [0.4, 0.5) is 0 Å². The Morgan fingerprint density at radius 1 is 1.21 bits per heavy atom. The molecule has 0 heterocycles. The van der Waals surface area contributed by atoms with Gasteiger partial charge < -0.3 is 5.32 Å². The maximum atomic E-state index is 3.52. The second kappa shape index (κ2) is 5.42. The Morgan fingerprint density at radius 3 is 2.71 bits per heavy atom. The molecule has 2 heteroatoms. The third-order valence-electron chi connectivity index (χ3n) is 2.37. The molecule has 76 valence electrons. The van der Waals surface area contributed by atoms with Gasteiger partial charge in [0.05, 0.1) is 0 Å². The van der Waals surface area contributed by atoms with Gasteiger partial charge in [0.2, 0.25) is 0 Å². The molecule has 2 rings (SSSR count). The van der Waals surface area contributed by atoms with Crippen molar-refractivity contribution in [2.24, 2.45) is 0 Å². The lowest BCUT2D eigenvalue weighted by molar-refractivity contribution is 0.726. The van der Waals surface area contributed by atoms with E-state index in [0.717, 1.165) is 11.8 Å². The van der Waals surface area contributed by atoms with Gasteiger partial charge in [-0.1, -0.05) is 30.3 Å². The lowest BCUT2D eigenvalue weighted by Crippen LogP contribution is -2.19. The minimum Gasteiger partial charge on any atom is -0.313 e. The van der Waals surface area contributed by atoms with Crippen LogP contribution in [0.2, 0.25) is 0 Å². The van der Waals surface area contributed by atoms with Crippen molar-refractivity contribution in [2.45, 2.75) is 24.6 Å². The first kappa shape index (κ1) is 10.1. The zero-order valence-corrected chi connectivity index (χ0v) is 9.22. The topological polar surface area (TPSA) is 12.0 Å². The third kappa shape index (κ3) is 3.72. The minimum absolute atomic E-state index is 0.854. The summed E-state index contributed by atoms with van der Waals surface area (Å²) in [7, 11) is 0. The van der Waals surface area contributed by atoms with Crippen LogP contribution in [0.1, 0.15) is 18.4 Å². The lowest BCUT2D eigenvalue weighted by Gasteiger charge is -2.02. The van der Waals surface area contributed by atoms with Crippen LogP contribution in [0, 0.1) is 0 Å². The largest absolute Gasteiger partial charge is 0.313 e. The molecule has 1 aliphatic rings. The monoisotopic (exact) mass is 207 g/mol. The Labute approximate surface area is 90.3 Å². The minimum atomic E-state index is 0.854. The SMILES string of the molecule is c1ccc(CSCCNC2CC2)cc1. The van der Waals surface area contributed by atoms with Crippen LogP contribution < -0.4 is 5.32 Å². The molecule has 1 fully saturated rings. The quantitative estimate of drug-likeness (QED) is 0.720. The highest BCUT2D eigenvalue weighted by molar-refractivity contribution is 7.98. The Hall–Kier alpha value is -0.470. The van der Waals surface area contributed by atoms with E-state index < -0.39 is 0 Å². The van der Waals surface area contributed by atoms with Crippen molar-refractivity contribution in [3.8, 4) is 0 Å². The molecule has 0 aliphatic heterocycles. The lowest BCUT2D eigenvalue weighted by atomic mass is 10.2. The van der Waals surface area contributed by atoms with E-state index in [9.17, 15) is 0 Å². The van der Waals surface area contributed by atoms with Crippen molar-refractivity contribution in [3.05, 3.63) is 35.9 Å². The number of benzene rings is 1. The molecule has 1 saturated carbocycles. The van der Waals surface area contributed by atoms with Crippen LogP contribution in [-0.4, -0.2) is 18.3 Å². The summed E-state index contributed by atoms with van der Waals surface area (Å²) in [6.45, 7) is 1.17. The zero-order valence-electron chi connectivity index (χ0n) is 8.41. The van der Waals surface area contributed by atoms with Gasteiger partial charge in [0.1, 0.15) is 0 Å². The van der Waals surface area contributed by atoms with E-state index in [1.54, 1.807) is 0 Å². The molecule has 0 spiro atoms. The maximum absolute atomic E-state index is 3.52. The van der Waals surface area contributed by atoms with Crippen molar-refractivity contribution in [2.75, 3.05) is 12.3 Å². The molecule has 1 aromatic carbocycles. The van der Waals surface area contributed by atoms with Gasteiger partial charge >= 0.3 is 0 Å². The second-order valence-electron chi connectivity index (χ2n) is 3.77. The van der Waals surface area contributed by atoms with Gasteiger partial charge in [-0.2, -0.15) is 11.8 Å². The second-order valence-corrected chi connectivity index (χ2v) is 4.87. The fourth-order valence-electron chi connectivity index (χ4n) is 1.39. The molecular weight excluding hydrogens is 190 g/mol. The van der Waals surface area contributed by atoms with Gasteiger partial charge in [-0.25, -0.2) is 0 Å². The fourth-order valence-corrected chi connectivity index (χ4v) is 2.22. The fraction of sp³-hybridized carbons (Fsp3) is 0.500. The molecule has 0 bridgehead atoms. The van der Waals surface area contributed by atoms with Gasteiger partial charge in [0, 0.05) is 24.1 Å². The Balaban J connectivity index is 1.54. The van der Waals surface area contributed by atoms with Gasteiger partial charge in [-0.05, 0) is 18.4 Å². The summed E-state index contributed by atoms with van der Waals surface area (Å²) in [5.41, 5.74) is 1.43. The number of hydrogen-bond donors (Lipinski definition) is 1. The van der Waals surface area contributed by atoms with E-state index in [0.29, 0.717) is 0 Å². The molecule has 0 saturated heterocycles. The Bertz CT molecular complexity index is 256. The smallest absolute Gasteiger partial charge is 0.0185 e. The average Bonchev–Trinajstić information content (AvgIpc) is 3.03. The maximum Gasteiger partial charge on any atom is 0.0185 e. The van der Waals surface area contributed by atoms with Crippen LogP contribution >= 0.6 is 11.8 Å². The molecular formula is C12H17NS. The van der Waals surface area contributed by atoms with Crippen LogP contribution in [0.15, 0.2) is 30.3 Å². The van der Waals surface area contributed by atoms with E-state index in [-0.39, 0.29) is 0 Å². The summed E-state index contributed by atoms with van der Waals surface area (Å²) < 4.78 is 0. The van der Waals surface area contributed by atoms with Gasteiger partial charge in [0.15, 0.2) is 0 Å². The molecule has 1 nitrogen and oxygen atoms in total. The molecule has 1 aliphatic carbocycles. The summed E-state index contributed by atoms with van der Waals surface area (Å²) in [6, 6.07) is 11.5. The van der Waals surface area contributed by atoms with Gasteiger partial charge in [0.25, 0.3) is 0 Å². The van der Waals surface area contributed by atoms with Crippen molar-refractivity contribution >= 4 is 11.8 Å². The highest BCUT2D eigenvalue weighted by Gasteiger charge is 2.19. The van der Waals surface area contributed by atoms with Crippen LogP contribution in [0.25, 0.3) is 0 Å². The summed E-state index contributed by atoms with van der Waals surface area (Å²) in [4.78, 5) is 0. The van der Waals surface area contributed by atoms with E-state index in [2.05, 4.69) is 35.6 Å². The molecule has 0 atom stereocenters. The molecule has 0 radical (unpaired) electrons. The van der Waals surface area contributed by atoms with Crippen molar-refractivity contribution in [1.29, 1.82) is 0 Å². The number of thioether (sulfide) groups is 1. The van der Waals surface area contributed by atoms with Gasteiger partial charge in [-0.15, -0.1) is 0 Å². The number of hydrogen-bond acceptors (Lipinski definition) is 2. The first-order chi connectivity index (χ1) is 6.95. The zero-order chi connectivity index (χ0) is 9.64. The van der Waals surface area contributed by atoms with E-state index in [4.69, 9.17) is 0 Å². The van der Waals surface area contributed by atoms with E-state index >= 15 is 0 Å². The molecule has 1 N–H and O–H groups in total. The summed E-state index contributed by atoms with van der Waals surface area (Å²) in [5.74, 6) is 2.37. The number of rotatable bonds is 6.